The number of aromatic nitrogens is 2. The Morgan fingerprint density at radius 1 is 1.25 bits per heavy atom. The normalized spacial score (nSPS) is 21.8. The number of rotatable bonds is 7. The summed E-state index contributed by atoms with van der Waals surface area (Å²) >= 11 is 0. The van der Waals surface area contributed by atoms with Gasteiger partial charge in [-0.25, -0.2) is 0 Å². The molecule has 1 N–H and O–H groups in total. The number of benzene rings is 1. The fraction of sp³-hybridized carbons (Fsp3) is 0.450. The van der Waals surface area contributed by atoms with E-state index in [0.29, 0.717) is 18.1 Å². The lowest BCUT2D eigenvalue weighted by Crippen LogP contribution is -2.39. The summed E-state index contributed by atoms with van der Waals surface area (Å²) in [4.78, 5) is 43.9. The lowest BCUT2D eigenvalue weighted by molar-refractivity contribution is -0.141. The lowest BCUT2D eigenvalue weighted by atomic mass is 9.86. The van der Waals surface area contributed by atoms with Gasteiger partial charge in [0.1, 0.15) is 6.54 Å². The van der Waals surface area contributed by atoms with E-state index < -0.39 is 23.5 Å². The molecular formula is C20H22N4O4. The van der Waals surface area contributed by atoms with Crippen LogP contribution in [0.2, 0.25) is 0 Å². The molecule has 1 aliphatic heterocycles. The number of likely N-dealkylation sites (tertiary alicyclic amines) is 1. The maximum atomic E-state index is 13.0. The molecule has 1 saturated carbocycles. The Morgan fingerprint density at radius 3 is 2.64 bits per heavy atom. The number of nitrogens with one attached hydrogen (secondary N) is 1. The van der Waals surface area contributed by atoms with Crippen molar-refractivity contribution in [3.8, 4) is 0 Å². The van der Waals surface area contributed by atoms with Gasteiger partial charge in [-0.2, -0.15) is 4.98 Å². The van der Waals surface area contributed by atoms with E-state index in [1.165, 1.54) is 4.90 Å². The zero-order valence-electron chi connectivity index (χ0n) is 15.6. The van der Waals surface area contributed by atoms with Crippen molar-refractivity contribution in [3.63, 3.8) is 0 Å². The molecule has 2 amide bonds. The van der Waals surface area contributed by atoms with E-state index >= 15 is 0 Å². The summed E-state index contributed by atoms with van der Waals surface area (Å²) in [5, 5.41) is 6.48. The largest absolute Gasteiger partial charge is 0.347 e. The summed E-state index contributed by atoms with van der Waals surface area (Å²) in [6.45, 7) is 2.01. The van der Waals surface area contributed by atoms with E-state index in [2.05, 4.69) is 15.5 Å². The maximum Gasteiger partial charge on any atom is 0.287 e. The molecule has 146 valence electrons. The predicted octanol–water partition coefficient (Wildman–Crippen LogP) is 1.04. The summed E-state index contributed by atoms with van der Waals surface area (Å²) in [5.41, 5.74) is 0.955. The van der Waals surface area contributed by atoms with Gasteiger partial charge in [-0.3, -0.25) is 14.4 Å². The highest BCUT2D eigenvalue weighted by Gasteiger charge is 2.46. The van der Waals surface area contributed by atoms with Crippen molar-refractivity contribution < 1.29 is 18.9 Å². The van der Waals surface area contributed by atoms with Crippen molar-refractivity contribution in [2.24, 2.45) is 11.8 Å². The van der Waals surface area contributed by atoms with Gasteiger partial charge < -0.3 is 14.7 Å². The third-order valence-corrected chi connectivity index (χ3v) is 5.20. The van der Waals surface area contributed by atoms with Gasteiger partial charge in [0.25, 0.3) is 5.91 Å². The van der Waals surface area contributed by atoms with Gasteiger partial charge in [0, 0.05) is 12.6 Å². The molecule has 0 bridgehead atoms. The Bertz CT molecular complexity index is 891. The zero-order valence-corrected chi connectivity index (χ0v) is 15.6. The number of amides is 2. The van der Waals surface area contributed by atoms with Crippen molar-refractivity contribution in [3.05, 3.63) is 47.6 Å². The molecule has 1 aromatic heterocycles. The highest BCUT2D eigenvalue weighted by Crippen LogP contribution is 2.30. The van der Waals surface area contributed by atoms with Gasteiger partial charge >= 0.3 is 0 Å². The highest BCUT2D eigenvalue weighted by molar-refractivity contribution is 6.37. The first-order chi connectivity index (χ1) is 13.5. The summed E-state index contributed by atoms with van der Waals surface area (Å²) < 4.78 is 5.11. The van der Waals surface area contributed by atoms with Crippen LogP contribution in [0.4, 0.5) is 0 Å². The van der Waals surface area contributed by atoms with Crippen LogP contribution in [0.5, 0.6) is 0 Å². The second-order valence-corrected chi connectivity index (χ2v) is 7.47. The number of aryl methyl sites for hydroxylation is 1. The Hall–Kier alpha value is -3.03. The van der Waals surface area contributed by atoms with Gasteiger partial charge in [-0.1, -0.05) is 35.5 Å². The second-order valence-electron chi connectivity index (χ2n) is 7.47. The first-order valence-electron chi connectivity index (χ1n) is 9.48. The molecule has 1 saturated heterocycles. The Labute approximate surface area is 162 Å². The van der Waals surface area contributed by atoms with E-state index in [9.17, 15) is 14.4 Å². The summed E-state index contributed by atoms with van der Waals surface area (Å²) in [6, 6.07) is 9.62. The van der Waals surface area contributed by atoms with Crippen molar-refractivity contribution in [2.75, 3.05) is 6.54 Å². The van der Waals surface area contributed by atoms with Crippen LogP contribution >= 0.6 is 0 Å². The quantitative estimate of drug-likeness (QED) is 0.718. The third kappa shape index (κ3) is 3.95. The molecule has 1 aliphatic carbocycles. The van der Waals surface area contributed by atoms with Crippen LogP contribution in [-0.2, 0) is 27.3 Å². The fourth-order valence-corrected chi connectivity index (χ4v) is 3.59. The minimum Gasteiger partial charge on any atom is -0.347 e. The minimum absolute atomic E-state index is 0.0959. The van der Waals surface area contributed by atoms with Crippen LogP contribution in [-0.4, -0.2) is 45.2 Å². The highest BCUT2D eigenvalue weighted by atomic mass is 16.5. The number of ketones is 1. The number of carbonyl (C=O) groups excluding carboxylic acids is 3. The molecule has 2 fully saturated rings. The van der Waals surface area contributed by atoms with Gasteiger partial charge in [0.05, 0.1) is 11.8 Å². The maximum absolute atomic E-state index is 13.0. The van der Waals surface area contributed by atoms with Crippen molar-refractivity contribution in [1.82, 2.24) is 20.4 Å². The first kappa shape index (κ1) is 18.3. The molecule has 8 nitrogen and oxygen atoms in total. The molecule has 2 heterocycles. The number of Topliss-reactive ketones (excluding diaryl/α,β-unsaturated/α-hetero) is 1. The van der Waals surface area contributed by atoms with Crippen molar-refractivity contribution in [2.45, 2.75) is 38.8 Å². The van der Waals surface area contributed by atoms with Crippen LogP contribution in [0.3, 0.4) is 0 Å². The topological polar surface area (TPSA) is 105 Å². The number of carbonyl (C=O) groups is 3. The lowest BCUT2D eigenvalue weighted by Gasteiger charge is -2.15. The smallest absolute Gasteiger partial charge is 0.287 e. The van der Waals surface area contributed by atoms with Crippen LogP contribution in [0.15, 0.2) is 34.9 Å². The molecule has 1 aromatic carbocycles. The van der Waals surface area contributed by atoms with Crippen LogP contribution in [0.1, 0.15) is 30.1 Å². The van der Waals surface area contributed by atoms with Crippen LogP contribution < -0.4 is 5.32 Å². The SMILES string of the molecule is Cc1noc(CN2C[C@H](C(=O)C(=O)NC3CC3)[C@@H](Cc3ccccc3)C2=O)n1. The van der Waals surface area contributed by atoms with Gasteiger partial charge in [0.15, 0.2) is 5.82 Å². The minimum atomic E-state index is -0.685. The molecule has 0 unspecified atom stereocenters. The third-order valence-electron chi connectivity index (χ3n) is 5.20. The van der Waals surface area contributed by atoms with Gasteiger partial charge in [0.2, 0.25) is 17.6 Å². The zero-order chi connectivity index (χ0) is 19.7. The first-order valence-corrected chi connectivity index (χ1v) is 9.48. The summed E-state index contributed by atoms with van der Waals surface area (Å²) in [7, 11) is 0. The average molecular weight is 382 g/mol. The summed E-state index contributed by atoms with van der Waals surface area (Å²) in [6.07, 6.45) is 2.21. The molecule has 0 spiro atoms. The summed E-state index contributed by atoms with van der Waals surface area (Å²) in [5.74, 6) is -1.74. The molecule has 0 radical (unpaired) electrons. The second kappa shape index (κ2) is 7.53. The number of hydrogen-bond acceptors (Lipinski definition) is 6. The molecule has 2 atom stereocenters. The monoisotopic (exact) mass is 382 g/mol. The van der Waals surface area contributed by atoms with E-state index in [0.717, 1.165) is 18.4 Å². The van der Waals surface area contributed by atoms with Gasteiger partial charge in [-0.05, 0) is 31.7 Å². The molecule has 28 heavy (non-hydrogen) atoms. The van der Waals surface area contributed by atoms with Crippen LogP contribution in [0.25, 0.3) is 0 Å². The number of nitrogens with zero attached hydrogens (tertiary/aromatic N) is 3. The van der Waals surface area contributed by atoms with E-state index in [1.54, 1.807) is 6.92 Å². The molecule has 8 heteroatoms. The Kier molecular flexibility index (Phi) is 4.93. The number of hydrogen-bond donors (Lipinski definition) is 1. The fourth-order valence-electron chi connectivity index (χ4n) is 3.59. The van der Waals surface area contributed by atoms with Crippen LogP contribution in [0, 0.1) is 18.8 Å². The average Bonchev–Trinajstić information content (AvgIpc) is 3.34. The van der Waals surface area contributed by atoms with Crippen molar-refractivity contribution in [1.29, 1.82) is 0 Å². The van der Waals surface area contributed by atoms with E-state index in [1.807, 2.05) is 30.3 Å². The Balaban J connectivity index is 1.53. The van der Waals surface area contributed by atoms with Gasteiger partial charge in [-0.15, -0.1) is 0 Å². The molecule has 4 rings (SSSR count). The standard InChI is InChI=1S/C20H22N4O4/c1-12-21-17(28-23-12)11-24-10-16(18(25)19(26)22-14-7-8-14)15(20(24)27)9-13-5-3-2-4-6-13/h2-6,14-16H,7-11H2,1H3,(H,22,26)/t15-,16+/m1/s1. The molecule has 2 aliphatic rings. The predicted molar refractivity (Wildman–Crippen MR) is 97.7 cm³/mol. The van der Waals surface area contributed by atoms with E-state index in [4.69, 9.17) is 4.52 Å². The molecular weight excluding hydrogens is 360 g/mol. The van der Waals surface area contributed by atoms with Crippen molar-refractivity contribution >= 4 is 17.6 Å². The molecule has 2 aromatic rings. The Morgan fingerprint density at radius 2 is 2.00 bits per heavy atom. The van der Waals surface area contributed by atoms with E-state index in [-0.39, 0.29) is 25.0 Å².